The lowest BCUT2D eigenvalue weighted by Crippen LogP contribution is -2.22. The number of benzene rings is 2. The molecule has 1 aromatic heterocycles. The van der Waals surface area contributed by atoms with Crippen molar-refractivity contribution in [2.24, 2.45) is 5.73 Å². The van der Waals surface area contributed by atoms with Crippen LogP contribution in [0.15, 0.2) is 42.6 Å². The summed E-state index contributed by atoms with van der Waals surface area (Å²) >= 11 is 0. The summed E-state index contributed by atoms with van der Waals surface area (Å²) in [5.74, 6) is -0.739. The molecule has 1 atom stereocenters. The van der Waals surface area contributed by atoms with Crippen LogP contribution in [0.1, 0.15) is 11.5 Å². The monoisotopic (exact) mass is 268 g/mol. The maximum atomic E-state index is 11.8. The molecule has 0 aliphatic rings. The van der Waals surface area contributed by atoms with Crippen LogP contribution in [0.4, 0.5) is 0 Å². The number of aromatic amines is 1. The van der Waals surface area contributed by atoms with Gasteiger partial charge < -0.3 is 15.5 Å². The van der Waals surface area contributed by atoms with Crippen molar-refractivity contribution in [3.05, 3.63) is 48.2 Å². The Morgan fingerprint density at radius 3 is 2.80 bits per heavy atom. The molecule has 102 valence electrons. The Morgan fingerprint density at radius 1 is 1.25 bits per heavy atom. The Hall–Kier alpha value is -2.33. The van der Waals surface area contributed by atoms with Crippen LogP contribution in [0.25, 0.3) is 21.7 Å². The van der Waals surface area contributed by atoms with Gasteiger partial charge in [-0.3, -0.25) is 4.79 Å². The lowest BCUT2D eigenvalue weighted by molar-refractivity contribution is -0.142. The molecule has 1 unspecified atom stereocenters. The number of ether oxygens (including phenoxy) is 1. The normalized spacial score (nSPS) is 12.7. The van der Waals surface area contributed by atoms with Crippen molar-refractivity contribution >= 4 is 27.6 Å². The van der Waals surface area contributed by atoms with Gasteiger partial charge in [0.15, 0.2) is 0 Å². The maximum absolute atomic E-state index is 11.8. The number of rotatable bonds is 3. The zero-order valence-electron chi connectivity index (χ0n) is 11.2. The summed E-state index contributed by atoms with van der Waals surface area (Å²) in [4.78, 5) is 15.1. The van der Waals surface area contributed by atoms with E-state index in [9.17, 15) is 4.79 Å². The molecule has 1 heterocycles. The van der Waals surface area contributed by atoms with Crippen LogP contribution >= 0.6 is 0 Å². The van der Waals surface area contributed by atoms with E-state index in [0.29, 0.717) is 0 Å². The topological polar surface area (TPSA) is 68.1 Å². The Balaban J connectivity index is 2.23. The SMILES string of the molecule is COC(=O)C(CN)c1c[nH]c2c1ccc1ccccc12. The van der Waals surface area contributed by atoms with Gasteiger partial charge in [-0.1, -0.05) is 36.4 Å². The van der Waals surface area contributed by atoms with Crippen molar-refractivity contribution < 1.29 is 9.53 Å². The zero-order chi connectivity index (χ0) is 14.1. The average molecular weight is 268 g/mol. The number of carbonyl (C=O) groups excluding carboxylic acids is 1. The Morgan fingerprint density at radius 2 is 2.05 bits per heavy atom. The fraction of sp³-hybridized carbons (Fsp3) is 0.188. The predicted molar refractivity (Wildman–Crippen MR) is 79.6 cm³/mol. The third kappa shape index (κ3) is 1.85. The molecule has 4 heteroatoms. The lowest BCUT2D eigenvalue weighted by atomic mass is 9.97. The number of hydrogen-bond acceptors (Lipinski definition) is 3. The van der Waals surface area contributed by atoms with Crippen molar-refractivity contribution in [2.75, 3.05) is 13.7 Å². The first-order valence-corrected chi connectivity index (χ1v) is 6.53. The molecule has 0 spiro atoms. The first-order chi connectivity index (χ1) is 9.76. The number of nitrogens with two attached hydrogens (primary N) is 1. The predicted octanol–water partition coefficient (Wildman–Crippen LogP) is 2.54. The highest BCUT2D eigenvalue weighted by molar-refractivity contribution is 6.07. The van der Waals surface area contributed by atoms with Crippen molar-refractivity contribution in [3.63, 3.8) is 0 Å². The van der Waals surface area contributed by atoms with Gasteiger partial charge in [-0.15, -0.1) is 0 Å². The van der Waals surface area contributed by atoms with E-state index in [-0.39, 0.29) is 12.5 Å². The van der Waals surface area contributed by atoms with Gasteiger partial charge >= 0.3 is 5.97 Å². The number of H-pyrrole nitrogens is 1. The molecular weight excluding hydrogens is 252 g/mol. The summed E-state index contributed by atoms with van der Waals surface area (Å²) < 4.78 is 4.83. The number of esters is 1. The second-order valence-corrected chi connectivity index (χ2v) is 4.76. The molecule has 2 aromatic carbocycles. The molecule has 0 saturated carbocycles. The number of carbonyl (C=O) groups is 1. The minimum atomic E-state index is -0.435. The van der Waals surface area contributed by atoms with Crippen molar-refractivity contribution in [1.82, 2.24) is 4.98 Å². The van der Waals surface area contributed by atoms with Gasteiger partial charge in [0.2, 0.25) is 0 Å². The Bertz CT molecular complexity index is 776. The summed E-state index contributed by atoms with van der Waals surface area (Å²) in [6.07, 6.45) is 1.85. The van der Waals surface area contributed by atoms with E-state index in [1.165, 1.54) is 7.11 Å². The molecule has 4 nitrogen and oxygen atoms in total. The van der Waals surface area contributed by atoms with Crippen LogP contribution in [0.3, 0.4) is 0 Å². The van der Waals surface area contributed by atoms with Crippen LogP contribution in [0.5, 0.6) is 0 Å². The van der Waals surface area contributed by atoms with Gasteiger partial charge in [0.25, 0.3) is 0 Å². The highest BCUT2D eigenvalue weighted by Gasteiger charge is 2.23. The van der Waals surface area contributed by atoms with E-state index in [2.05, 4.69) is 23.2 Å². The summed E-state index contributed by atoms with van der Waals surface area (Å²) in [7, 11) is 1.38. The van der Waals surface area contributed by atoms with E-state index in [1.54, 1.807) is 0 Å². The van der Waals surface area contributed by atoms with Crippen LogP contribution in [-0.4, -0.2) is 24.6 Å². The van der Waals surface area contributed by atoms with Crippen LogP contribution in [0, 0.1) is 0 Å². The average Bonchev–Trinajstić information content (AvgIpc) is 2.92. The van der Waals surface area contributed by atoms with E-state index in [1.807, 2.05) is 24.4 Å². The van der Waals surface area contributed by atoms with Gasteiger partial charge in [0.05, 0.1) is 18.5 Å². The molecule has 0 amide bonds. The molecule has 3 aromatic rings. The minimum Gasteiger partial charge on any atom is -0.469 e. The highest BCUT2D eigenvalue weighted by Crippen LogP contribution is 2.31. The van der Waals surface area contributed by atoms with Crippen molar-refractivity contribution in [3.8, 4) is 0 Å². The summed E-state index contributed by atoms with van der Waals surface area (Å²) in [6.45, 7) is 0.229. The largest absolute Gasteiger partial charge is 0.469 e. The smallest absolute Gasteiger partial charge is 0.314 e. The van der Waals surface area contributed by atoms with Crippen LogP contribution in [-0.2, 0) is 9.53 Å². The van der Waals surface area contributed by atoms with E-state index >= 15 is 0 Å². The number of hydrogen-bond donors (Lipinski definition) is 2. The first kappa shape index (κ1) is 12.7. The van der Waals surface area contributed by atoms with Gasteiger partial charge in [0.1, 0.15) is 0 Å². The van der Waals surface area contributed by atoms with Gasteiger partial charge in [0, 0.05) is 23.5 Å². The molecule has 0 aliphatic heterocycles. The van der Waals surface area contributed by atoms with E-state index in [4.69, 9.17) is 10.5 Å². The maximum Gasteiger partial charge on any atom is 0.314 e. The van der Waals surface area contributed by atoms with Gasteiger partial charge in [-0.2, -0.15) is 0 Å². The summed E-state index contributed by atoms with van der Waals surface area (Å²) in [5, 5.41) is 3.32. The molecular formula is C16H16N2O2. The van der Waals surface area contributed by atoms with Crippen molar-refractivity contribution in [1.29, 1.82) is 0 Å². The van der Waals surface area contributed by atoms with Crippen molar-refractivity contribution in [2.45, 2.75) is 5.92 Å². The molecule has 0 aliphatic carbocycles. The van der Waals surface area contributed by atoms with Gasteiger partial charge in [-0.05, 0) is 10.9 Å². The van der Waals surface area contributed by atoms with Crippen LogP contribution in [0.2, 0.25) is 0 Å². The molecule has 0 saturated heterocycles. The lowest BCUT2D eigenvalue weighted by Gasteiger charge is -2.11. The number of nitrogens with one attached hydrogen (secondary N) is 1. The standard InChI is InChI=1S/C16H16N2O2/c1-20-16(19)13(8-17)14-9-18-15-11-5-3-2-4-10(11)6-7-12(14)15/h2-7,9,13,18H,8,17H2,1H3. The first-order valence-electron chi connectivity index (χ1n) is 6.53. The second-order valence-electron chi connectivity index (χ2n) is 4.76. The molecule has 0 radical (unpaired) electrons. The zero-order valence-corrected chi connectivity index (χ0v) is 11.2. The van der Waals surface area contributed by atoms with E-state index in [0.717, 1.165) is 27.2 Å². The summed E-state index contributed by atoms with van der Waals surface area (Å²) in [6, 6.07) is 12.2. The Kier molecular flexibility index (Phi) is 3.16. The minimum absolute atomic E-state index is 0.229. The second kappa shape index (κ2) is 4.98. The fourth-order valence-corrected chi connectivity index (χ4v) is 2.68. The fourth-order valence-electron chi connectivity index (χ4n) is 2.68. The number of fused-ring (bicyclic) bond motifs is 3. The third-order valence-corrected chi connectivity index (χ3v) is 3.71. The number of aromatic nitrogens is 1. The van der Waals surface area contributed by atoms with Crippen LogP contribution < -0.4 is 5.73 Å². The number of methoxy groups -OCH3 is 1. The third-order valence-electron chi connectivity index (χ3n) is 3.71. The summed E-state index contributed by atoms with van der Waals surface area (Å²) in [5.41, 5.74) is 7.65. The quantitative estimate of drug-likeness (QED) is 0.717. The van der Waals surface area contributed by atoms with Gasteiger partial charge in [-0.25, -0.2) is 0 Å². The molecule has 0 fully saturated rings. The molecule has 0 bridgehead atoms. The Labute approximate surface area is 116 Å². The molecule has 20 heavy (non-hydrogen) atoms. The molecule has 3 N–H and O–H groups in total. The van der Waals surface area contributed by atoms with E-state index < -0.39 is 5.92 Å². The molecule has 3 rings (SSSR count). The highest BCUT2D eigenvalue weighted by atomic mass is 16.5.